The van der Waals surface area contributed by atoms with Gasteiger partial charge in [0.1, 0.15) is 5.75 Å². The van der Waals surface area contributed by atoms with Crippen LogP contribution in [0.4, 0.5) is 0 Å². The minimum absolute atomic E-state index is 0.159. The van der Waals surface area contributed by atoms with Crippen molar-refractivity contribution in [2.24, 2.45) is 5.73 Å². The van der Waals surface area contributed by atoms with Gasteiger partial charge in [0.05, 0.1) is 17.6 Å². The number of carbonyl (C=O) groups excluding carboxylic acids is 2. The van der Waals surface area contributed by atoms with Gasteiger partial charge in [0, 0.05) is 17.8 Å². The molecule has 1 heterocycles. The Bertz CT molecular complexity index is 769. The van der Waals surface area contributed by atoms with E-state index < -0.39 is 5.91 Å². The standard InChI is InChI=1S/C18H20N2O3S/c1-23-14-5-6-15-11(7-14)3-2-4-12(15)9-20-18(22)16-8-13(10-24-16)17(19)21/h5-8,10,12H,2-4,9H2,1H3,(H2,19,21)(H,20,22). The summed E-state index contributed by atoms with van der Waals surface area (Å²) in [5.41, 5.74) is 8.18. The van der Waals surface area contributed by atoms with E-state index in [9.17, 15) is 9.59 Å². The lowest BCUT2D eigenvalue weighted by atomic mass is 9.82. The smallest absolute Gasteiger partial charge is 0.261 e. The van der Waals surface area contributed by atoms with Crippen LogP contribution in [-0.2, 0) is 6.42 Å². The van der Waals surface area contributed by atoms with Crippen molar-refractivity contribution in [3.63, 3.8) is 0 Å². The summed E-state index contributed by atoms with van der Waals surface area (Å²) in [4.78, 5) is 23.9. The number of hydrogen-bond acceptors (Lipinski definition) is 4. The summed E-state index contributed by atoms with van der Waals surface area (Å²) in [6.07, 6.45) is 3.20. The zero-order valence-electron chi connectivity index (χ0n) is 13.5. The summed E-state index contributed by atoms with van der Waals surface area (Å²) < 4.78 is 5.29. The predicted molar refractivity (Wildman–Crippen MR) is 93.8 cm³/mol. The Morgan fingerprint density at radius 3 is 2.92 bits per heavy atom. The van der Waals surface area contributed by atoms with Crippen LogP contribution in [-0.4, -0.2) is 25.5 Å². The van der Waals surface area contributed by atoms with Crippen LogP contribution in [0, 0.1) is 0 Å². The zero-order valence-corrected chi connectivity index (χ0v) is 14.3. The highest BCUT2D eigenvalue weighted by molar-refractivity contribution is 7.12. The number of hydrogen-bond donors (Lipinski definition) is 2. The molecular formula is C18H20N2O3S. The van der Waals surface area contributed by atoms with Crippen molar-refractivity contribution < 1.29 is 14.3 Å². The van der Waals surface area contributed by atoms with E-state index in [0.717, 1.165) is 25.0 Å². The van der Waals surface area contributed by atoms with E-state index in [-0.39, 0.29) is 5.91 Å². The number of thiophene rings is 1. The Labute approximate surface area is 144 Å². The second-order valence-corrected chi connectivity index (χ2v) is 6.84. The number of benzene rings is 1. The Morgan fingerprint density at radius 2 is 2.21 bits per heavy atom. The van der Waals surface area contributed by atoms with Crippen LogP contribution in [0.25, 0.3) is 0 Å². The summed E-state index contributed by atoms with van der Waals surface area (Å²) >= 11 is 1.23. The molecule has 3 N–H and O–H groups in total. The lowest BCUT2D eigenvalue weighted by Crippen LogP contribution is -2.29. The third-order valence-electron chi connectivity index (χ3n) is 4.41. The van der Waals surface area contributed by atoms with Crippen molar-refractivity contribution in [1.82, 2.24) is 5.32 Å². The van der Waals surface area contributed by atoms with Gasteiger partial charge >= 0.3 is 0 Å². The molecule has 0 aliphatic heterocycles. The number of nitrogens with two attached hydrogens (primary N) is 1. The first kappa shape index (κ1) is 16.5. The monoisotopic (exact) mass is 344 g/mol. The quantitative estimate of drug-likeness (QED) is 0.875. The summed E-state index contributed by atoms with van der Waals surface area (Å²) in [6, 6.07) is 7.70. The fourth-order valence-electron chi connectivity index (χ4n) is 3.12. The lowest BCUT2D eigenvalue weighted by Gasteiger charge is -2.26. The molecule has 0 fully saturated rings. The van der Waals surface area contributed by atoms with Gasteiger partial charge in [0.15, 0.2) is 0 Å². The number of primary amides is 1. The molecule has 1 aliphatic carbocycles. The van der Waals surface area contributed by atoms with Gasteiger partial charge < -0.3 is 15.8 Å². The van der Waals surface area contributed by atoms with Crippen molar-refractivity contribution in [1.29, 1.82) is 0 Å². The molecule has 5 nitrogen and oxygen atoms in total. The van der Waals surface area contributed by atoms with Gasteiger partial charge in [-0.1, -0.05) is 6.07 Å². The second-order valence-electron chi connectivity index (χ2n) is 5.93. The van der Waals surface area contributed by atoms with E-state index >= 15 is 0 Å². The van der Waals surface area contributed by atoms with Gasteiger partial charge in [0.25, 0.3) is 5.91 Å². The third kappa shape index (κ3) is 3.43. The predicted octanol–water partition coefficient (Wildman–Crippen LogP) is 2.71. The van der Waals surface area contributed by atoms with Gasteiger partial charge in [-0.3, -0.25) is 9.59 Å². The van der Waals surface area contributed by atoms with E-state index in [1.165, 1.54) is 22.5 Å². The fourth-order valence-corrected chi connectivity index (χ4v) is 3.93. The van der Waals surface area contributed by atoms with Crippen molar-refractivity contribution >= 4 is 23.2 Å². The summed E-state index contributed by atoms with van der Waals surface area (Å²) in [5.74, 6) is 0.503. The van der Waals surface area contributed by atoms with Gasteiger partial charge in [-0.2, -0.15) is 0 Å². The number of ether oxygens (including phenoxy) is 1. The topological polar surface area (TPSA) is 81.4 Å². The van der Waals surface area contributed by atoms with Crippen molar-refractivity contribution in [2.75, 3.05) is 13.7 Å². The second kappa shape index (κ2) is 7.05. The summed E-state index contributed by atoms with van der Waals surface area (Å²) in [7, 11) is 1.67. The van der Waals surface area contributed by atoms with Crippen LogP contribution in [0.15, 0.2) is 29.6 Å². The Hall–Kier alpha value is -2.34. The minimum atomic E-state index is -0.513. The van der Waals surface area contributed by atoms with Crippen molar-refractivity contribution in [2.45, 2.75) is 25.2 Å². The molecule has 1 aromatic heterocycles. The van der Waals surface area contributed by atoms with E-state index in [1.54, 1.807) is 18.6 Å². The van der Waals surface area contributed by atoms with Gasteiger partial charge in [-0.05, 0) is 48.6 Å². The molecule has 1 aromatic carbocycles. The molecule has 2 aromatic rings. The fraction of sp³-hybridized carbons (Fsp3) is 0.333. The van der Waals surface area contributed by atoms with Gasteiger partial charge in [-0.25, -0.2) is 0 Å². The molecule has 2 amide bonds. The van der Waals surface area contributed by atoms with E-state index in [4.69, 9.17) is 10.5 Å². The maximum absolute atomic E-state index is 12.3. The zero-order chi connectivity index (χ0) is 17.1. The number of fused-ring (bicyclic) bond motifs is 1. The van der Waals surface area contributed by atoms with Crippen LogP contribution < -0.4 is 15.8 Å². The lowest BCUT2D eigenvalue weighted by molar-refractivity contribution is 0.0954. The number of aryl methyl sites for hydroxylation is 1. The van der Waals surface area contributed by atoms with E-state index in [1.807, 2.05) is 6.07 Å². The highest BCUT2D eigenvalue weighted by Crippen LogP contribution is 2.33. The minimum Gasteiger partial charge on any atom is -0.497 e. The Kier molecular flexibility index (Phi) is 4.85. The van der Waals surface area contributed by atoms with Gasteiger partial charge in [-0.15, -0.1) is 11.3 Å². The molecule has 1 unspecified atom stereocenters. The van der Waals surface area contributed by atoms with Crippen LogP contribution in [0.3, 0.4) is 0 Å². The largest absolute Gasteiger partial charge is 0.497 e. The summed E-state index contributed by atoms with van der Waals surface area (Å²) in [6.45, 7) is 0.585. The molecule has 0 spiro atoms. The average Bonchev–Trinajstić information content (AvgIpc) is 3.09. The average molecular weight is 344 g/mol. The molecule has 0 bridgehead atoms. The van der Waals surface area contributed by atoms with Crippen molar-refractivity contribution in [3.05, 3.63) is 51.2 Å². The van der Waals surface area contributed by atoms with Crippen LogP contribution in [0.5, 0.6) is 5.75 Å². The molecular weight excluding hydrogens is 324 g/mol. The van der Waals surface area contributed by atoms with Gasteiger partial charge in [0.2, 0.25) is 5.91 Å². The molecule has 0 saturated carbocycles. The Balaban J connectivity index is 1.67. The first-order chi connectivity index (χ1) is 11.6. The Morgan fingerprint density at radius 1 is 1.38 bits per heavy atom. The number of rotatable bonds is 5. The number of nitrogens with one attached hydrogen (secondary N) is 1. The number of methoxy groups -OCH3 is 1. The third-order valence-corrected chi connectivity index (χ3v) is 5.33. The highest BCUT2D eigenvalue weighted by Gasteiger charge is 2.22. The molecule has 0 saturated heterocycles. The molecule has 1 aliphatic rings. The molecule has 126 valence electrons. The first-order valence-corrected chi connectivity index (χ1v) is 8.80. The van der Waals surface area contributed by atoms with E-state index in [0.29, 0.717) is 22.9 Å². The normalized spacial score (nSPS) is 16.3. The number of amides is 2. The SMILES string of the molecule is COc1ccc2c(c1)CCCC2CNC(=O)c1cc(C(N)=O)cs1. The molecule has 24 heavy (non-hydrogen) atoms. The molecule has 3 rings (SSSR count). The first-order valence-electron chi connectivity index (χ1n) is 7.92. The van der Waals surface area contributed by atoms with Crippen LogP contribution in [0.2, 0.25) is 0 Å². The van der Waals surface area contributed by atoms with Crippen LogP contribution >= 0.6 is 11.3 Å². The number of carbonyl (C=O) groups is 2. The van der Waals surface area contributed by atoms with Crippen LogP contribution in [0.1, 0.15) is 49.9 Å². The van der Waals surface area contributed by atoms with E-state index in [2.05, 4.69) is 17.4 Å². The van der Waals surface area contributed by atoms with Crippen molar-refractivity contribution in [3.8, 4) is 5.75 Å². The molecule has 1 atom stereocenters. The molecule has 6 heteroatoms. The molecule has 0 radical (unpaired) electrons. The highest BCUT2D eigenvalue weighted by atomic mass is 32.1. The maximum atomic E-state index is 12.3. The summed E-state index contributed by atoms with van der Waals surface area (Å²) in [5, 5.41) is 4.59. The maximum Gasteiger partial charge on any atom is 0.261 e.